The van der Waals surface area contributed by atoms with E-state index < -0.39 is 38.9 Å². The average molecular weight is 387 g/mol. The summed E-state index contributed by atoms with van der Waals surface area (Å²) in [5, 5.41) is 21.3. The minimum Gasteiger partial charge on any atom is -0.465 e. The Bertz CT molecular complexity index is 827. The third-order valence-corrected chi connectivity index (χ3v) is 4.89. The lowest BCUT2D eigenvalue weighted by Gasteiger charge is -2.28. The molecule has 0 saturated heterocycles. The number of carbonyl (C=O) groups excluding carboxylic acids is 1. The van der Waals surface area contributed by atoms with Crippen molar-refractivity contribution in [1.29, 1.82) is 0 Å². The fraction of sp³-hybridized carbons (Fsp3) is 0.571. The molecule has 1 aromatic rings. The number of hydrogen-bond acceptors (Lipinski definition) is 8. The highest BCUT2D eigenvalue weighted by atomic mass is 32.2. The van der Waals surface area contributed by atoms with Crippen molar-refractivity contribution in [1.82, 2.24) is 9.97 Å². The molecule has 1 aliphatic rings. The molecule has 11 nitrogen and oxygen atoms in total. The Morgan fingerprint density at radius 3 is 2.46 bits per heavy atom. The number of carboxylic acid groups (broad SMARTS) is 1. The largest absolute Gasteiger partial charge is 0.465 e. The van der Waals surface area contributed by atoms with Gasteiger partial charge in [-0.2, -0.15) is 4.98 Å². The molecule has 1 heterocycles. The van der Waals surface area contributed by atoms with Gasteiger partial charge in [0.05, 0.1) is 6.10 Å². The number of amides is 2. The monoisotopic (exact) mass is 387 g/mol. The summed E-state index contributed by atoms with van der Waals surface area (Å²) in [6, 6.07) is -0.276. The number of aromatic nitrogens is 2. The van der Waals surface area contributed by atoms with E-state index in [-0.39, 0.29) is 17.4 Å². The van der Waals surface area contributed by atoms with Crippen molar-refractivity contribution in [2.45, 2.75) is 43.0 Å². The summed E-state index contributed by atoms with van der Waals surface area (Å²) < 4.78 is 23.8. The number of primary amides is 1. The van der Waals surface area contributed by atoms with Gasteiger partial charge in [-0.15, -0.1) is 0 Å². The maximum atomic E-state index is 11.9. The van der Waals surface area contributed by atoms with Crippen LogP contribution in [-0.2, 0) is 9.84 Å². The molecule has 0 unspecified atom stereocenters. The van der Waals surface area contributed by atoms with Crippen LogP contribution in [0.1, 0.15) is 36.0 Å². The van der Waals surface area contributed by atoms with Gasteiger partial charge in [-0.05, 0) is 25.7 Å². The first-order valence-electron chi connectivity index (χ1n) is 7.83. The molecule has 0 aliphatic heterocycles. The first-order valence-corrected chi connectivity index (χ1v) is 9.73. The normalized spacial score (nSPS) is 20.4. The summed E-state index contributed by atoms with van der Waals surface area (Å²) >= 11 is 0. The van der Waals surface area contributed by atoms with Crippen LogP contribution in [0.3, 0.4) is 0 Å². The first-order chi connectivity index (χ1) is 12.0. The van der Waals surface area contributed by atoms with Crippen LogP contribution >= 0.6 is 0 Å². The highest BCUT2D eigenvalue weighted by molar-refractivity contribution is 7.90. The second-order valence-electron chi connectivity index (χ2n) is 6.19. The molecule has 2 amide bonds. The van der Waals surface area contributed by atoms with E-state index in [0.29, 0.717) is 24.2 Å². The van der Waals surface area contributed by atoms with E-state index in [1.54, 1.807) is 0 Å². The lowest BCUT2D eigenvalue weighted by Crippen LogP contribution is -2.34. The van der Waals surface area contributed by atoms with E-state index in [4.69, 9.17) is 5.73 Å². The molecule has 0 aromatic carbocycles. The van der Waals surface area contributed by atoms with Gasteiger partial charge in [0.2, 0.25) is 9.84 Å². The van der Waals surface area contributed by atoms with Crippen LogP contribution in [0.15, 0.2) is 5.16 Å². The summed E-state index contributed by atoms with van der Waals surface area (Å²) in [5.74, 6) is -1.61. The zero-order valence-electron chi connectivity index (χ0n) is 14.3. The summed E-state index contributed by atoms with van der Waals surface area (Å²) in [7, 11) is -2.78. The van der Waals surface area contributed by atoms with Gasteiger partial charge in [-0.1, -0.05) is 0 Å². The van der Waals surface area contributed by atoms with Crippen LogP contribution in [0.5, 0.6) is 0 Å². The molecular weight excluding hydrogens is 366 g/mol. The third kappa shape index (κ3) is 4.38. The van der Waals surface area contributed by atoms with E-state index in [1.165, 1.54) is 0 Å². The average Bonchev–Trinajstić information content (AvgIpc) is 2.52. The molecule has 2 atom stereocenters. The number of carbonyl (C=O) groups is 2. The van der Waals surface area contributed by atoms with E-state index >= 15 is 0 Å². The van der Waals surface area contributed by atoms with Crippen LogP contribution in [-0.4, -0.2) is 66.0 Å². The van der Waals surface area contributed by atoms with Crippen molar-refractivity contribution >= 4 is 33.5 Å². The van der Waals surface area contributed by atoms with E-state index in [2.05, 4.69) is 15.3 Å². The quantitative estimate of drug-likeness (QED) is 0.499. The second kappa shape index (κ2) is 7.41. The molecule has 0 bridgehead atoms. The van der Waals surface area contributed by atoms with Crippen LogP contribution in [0.2, 0.25) is 0 Å². The van der Waals surface area contributed by atoms with Crippen LogP contribution in [0.25, 0.3) is 0 Å². The van der Waals surface area contributed by atoms with Gasteiger partial charge in [0.15, 0.2) is 5.82 Å². The molecule has 1 aromatic heterocycles. The Morgan fingerprint density at radius 1 is 1.31 bits per heavy atom. The van der Waals surface area contributed by atoms with Gasteiger partial charge in [0.25, 0.3) is 11.1 Å². The van der Waals surface area contributed by atoms with Crippen molar-refractivity contribution in [3.8, 4) is 0 Å². The molecule has 1 aliphatic carbocycles. The van der Waals surface area contributed by atoms with Gasteiger partial charge in [-0.3, -0.25) is 9.69 Å². The van der Waals surface area contributed by atoms with Crippen LogP contribution < -0.4 is 16.0 Å². The Morgan fingerprint density at radius 2 is 1.96 bits per heavy atom. The lowest BCUT2D eigenvalue weighted by molar-refractivity contribution is 0.100. The number of aliphatic hydroxyl groups is 1. The fourth-order valence-corrected chi connectivity index (χ4v) is 3.26. The highest BCUT2D eigenvalue weighted by Gasteiger charge is 2.29. The zero-order valence-corrected chi connectivity index (χ0v) is 15.2. The van der Waals surface area contributed by atoms with E-state index in [0.717, 1.165) is 19.7 Å². The van der Waals surface area contributed by atoms with Crippen LogP contribution in [0.4, 0.5) is 16.4 Å². The van der Waals surface area contributed by atoms with Crippen LogP contribution in [0, 0.1) is 0 Å². The maximum Gasteiger partial charge on any atom is 0.412 e. The number of nitrogens with zero attached hydrogens (tertiary/aromatic N) is 3. The molecule has 2 rings (SSSR count). The summed E-state index contributed by atoms with van der Waals surface area (Å²) in [5.41, 5.74) is 5.04. The van der Waals surface area contributed by atoms with Crippen molar-refractivity contribution in [2.24, 2.45) is 5.73 Å². The second-order valence-corrected chi connectivity index (χ2v) is 8.10. The maximum absolute atomic E-state index is 11.9. The number of nitrogens with two attached hydrogens (primary N) is 1. The Labute approximate surface area is 150 Å². The van der Waals surface area contributed by atoms with Crippen molar-refractivity contribution in [3.05, 3.63) is 5.56 Å². The number of anilines is 2. The van der Waals surface area contributed by atoms with Crippen molar-refractivity contribution < 1.29 is 28.2 Å². The van der Waals surface area contributed by atoms with E-state index in [1.807, 2.05) is 0 Å². The van der Waals surface area contributed by atoms with E-state index in [9.17, 15) is 28.2 Å². The van der Waals surface area contributed by atoms with Crippen molar-refractivity contribution in [2.75, 3.05) is 23.5 Å². The van der Waals surface area contributed by atoms with Gasteiger partial charge in [0, 0.05) is 19.3 Å². The molecular formula is C14H21N5O6S. The van der Waals surface area contributed by atoms with Gasteiger partial charge in [-0.25, -0.2) is 18.2 Å². The predicted octanol–water partition coefficient (Wildman–Crippen LogP) is -0.191. The fourth-order valence-electron chi connectivity index (χ4n) is 2.75. The molecule has 0 spiro atoms. The van der Waals surface area contributed by atoms with Gasteiger partial charge in [0.1, 0.15) is 11.4 Å². The molecule has 1 saturated carbocycles. The Balaban J connectivity index is 2.61. The lowest BCUT2D eigenvalue weighted by atomic mass is 9.93. The summed E-state index contributed by atoms with van der Waals surface area (Å²) in [6.45, 7) is 0. The number of aliphatic hydroxyl groups excluding tert-OH is 1. The summed E-state index contributed by atoms with van der Waals surface area (Å²) in [4.78, 5) is 31.4. The Kier molecular flexibility index (Phi) is 5.66. The SMILES string of the molecule is CN(C(=O)O)c1nc(S(C)(=O)=O)nc(N[C@@H]2CCC[C@H](O)C2)c1C(N)=O. The summed E-state index contributed by atoms with van der Waals surface area (Å²) in [6.07, 6.45) is 1.30. The molecule has 26 heavy (non-hydrogen) atoms. The number of nitrogens with one attached hydrogen (secondary N) is 1. The molecule has 1 fully saturated rings. The van der Waals surface area contributed by atoms with Gasteiger partial charge < -0.3 is 21.3 Å². The number of rotatable bonds is 5. The number of hydrogen-bond donors (Lipinski definition) is 4. The molecule has 5 N–H and O–H groups in total. The smallest absolute Gasteiger partial charge is 0.412 e. The molecule has 12 heteroatoms. The van der Waals surface area contributed by atoms with Gasteiger partial charge >= 0.3 is 6.09 Å². The topological polar surface area (TPSA) is 176 Å². The van der Waals surface area contributed by atoms with Crippen molar-refractivity contribution in [3.63, 3.8) is 0 Å². The first kappa shape index (κ1) is 19.8. The highest BCUT2D eigenvalue weighted by Crippen LogP contribution is 2.28. The number of sulfone groups is 1. The zero-order chi connectivity index (χ0) is 19.6. The third-order valence-electron chi connectivity index (χ3n) is 4.04. The predicted molar refractivity (Wildman–Crippen MR) is 92.0 cm³/mol. The standard InChI is InChI=1S/C14H21N5O6S/c1-19(14(22)23)12-9(10(15)21)11(17-13(18-12)26(2,24)25)16-7-4-3-5-8(20)6-7/h7-8,20H,3-6H2,1-2H3,(H2,15,21)(H,22,23)(H,16,17,18)/t7-,8+/m1/s1. The minimum absolute atomic E-state index is 0.171. The minimum atomic E-state index is -3.88. The molecule has 144 valence electrons. The molecule has 0 radical (unpaired) electrons. The Hall–Kier alpha value is -2.47.